The molecule has 1 N–H and O–H groups in total. The highest BCUT2D eigenvalue weighted by Crippen LogP contribution is 2.41. The summed E-state index contributed by atoms with van der Waals surface area (Å²) in [5, 5.41) is 9.38. The molecule has 0 radical (unpaired) electrons. The molecule has 7 heteroatoms. The van der Waals surface area contributed by atoms with Gasteiger partial charge in [0.05, 0.1) is 16.8 Å². The Kier molecular flexibility index (Phi) is 3.82. The highest BCUT2D eigenvalue weighted by atomic mass is 32.1. The maximum atomic E-state index is 11.5. The van der Waals surface area contributed by atoms with E-state index in [-0.39, 0.29) is 11.7 Å². The highest BCUT2D eigenvalue weighted by Gasteiger charge is 2.24. The molecule has 3 rings (SSSR count). The van der Waals surface area contributed by atoms with E-state index >= 15 is 0 Å². The maximum Gasteiger partial charge on any atom is 0.349 e. The van der Waals surface area contributed by atoms with Gasteiger partial charge in [-0.3, -0.25) is 4.40 Å². The zero-order valence-corrected chi connectivity index (χ0v) is 12.9. The fraction of sp³-hybridized carbons (Fsp3) is 0.200. The number of aromatic carboxylic acids is 1. The molecule has 3 aromatic rings. The van der Waals surface area contributed by atoms with E-state index < -0.39 is 5.97 Å². The van der Waals surface area contributed by atoms with Gasteiger partial charge in [0, 0.05) is 18.9 Å². The van der Waals surface area contributed by atoms with Crippen molar-refractivity contribution in [1.82, 2.24) is 9.38 Å². The van der Waals surface area contributed by atoms with Gasteiger partial charge < -0.3 is 14.6 Å². The minimum atomic E-state index is -1.01. The Morgan fingerprint density at radius 3 is 3.00 bits per heavy atom. The van der Waals surface area contributed by atoms with Gasteiger partial charge in [-0.25, -0.2) is 9.78 Å². The summed E-state index contributed by atoms with van der Waals surface area (Å²) in [4.78, 5) is 16.8. The Balaban J connectivity index is 2.17. The summed E-state index contributed by atoms with van der Waals surface area (Å²) in [7, 11) is 1.49. The molecule has 0 aliphatic heterocycles. The van der Waals surface area contributed by atoms with Crippen molar-refractivity contribution in [2.75, 3.05) is 13.9 Å². The molecule has 114 valence electrons. The first kappa shape index (κ1) is 14.6. The van der Waals surface area contributed by atoms with Crippen LogP contribution in [0, 0.1) is 6.92 Å². The van der Waals surface area contributed by atoms with Gasteiger partial charge in [0.1, 0.15) is 5.65 Å². The normalized spacial score (nSPS) is 11.0. The molecular weight excluding hydrogens is 304 g/mol. The first-order chi connectivity index (χ1) is 10.6. The van der Waals surface area contributed by atoms with Gasteiger partial charge in [0.25, 0.3) is 0 Å². The lowest BCUT2D eigenvalue weighted by molar-refractivity contribution is 0.0485. The van der Waals surface area contributed by atoms with Crippen LogP contribution in [0.1, 0.15) is 15.2 Å². The van der Waals surface area contributed by atoms with Crippen LogP contribution < -0.4 is 4.74 Å². The largest absolute Gasteiger partial charge is 0.477 e. The molecule has 0 atom stereocenters. The molecule has 0 unspecified atom stereocenters. The van der Waals surface area contributed by atoms with Crippen molar-refractivity contribution in [3.63, 3.8) is 0 Å². The standard InChI is InChI=1S/C15H14N2O4S/c1-9-12(21-8-20-2)14(15(18)19)22-13(9)10-7-16-11-5-3-4-6-17(10)11/h3-7H,8H2,1-2H3,(H,18,19). The molecule has 6 nitrogen and oxygen atoms in total. The molecule has 0 aromatic carbocycles. The predicted molar refractivity (Wildman–Crippen MR) is 82.7 cm³/mol. The average Bonchev–Trinajstić information content (AvgIpc) is 3.06. The number of hydrogen-bond donors (Lipinski definition) is 1. The van der Waals surface area contributed by atoms with E-state index in [1.54, 1.807) is 6.20 Å². The molecule has 0 saturated heterocycles. The highest BCUT2D eigenvalue weighted by molar-refractivity contribution is 7.17. The monoisotopic (exact) mass is 318 g/mol. The third-order valence-corrected chi connectivity index (χ3v) is 4.54. The summed E-state index contributed by atoms with van der Waals surface area (Å²) in [6, 6.07) is 5.71. The lowest BCUT2D eigenvalue weighted by atomic mass is 10.2. The van der Waals surface area contributed by atoms with Gasteiger partial charge >= 0.3 is 5.97 Å². The van der Waals surface area contributed by atoms with Crippen LogP contribution in [0.25, 0.3) is 16.2 Å². The van der Waals surface area contributed by atoms with Gasteiger partial charge in [-0.2, -0.15) is 0 Å². The molecule has 0 saturated carbocycles. The predicted octanol–water partition coefficient (Wildman–Crippen LogP) is 3.05. The Hall–Kier alpha value is -2.38. The van der Waals surface area contributed by atoms with E-state index in [1.807, 2.05) is 35.7 Å². The summed E-state index contributed by atoms with van der Waals surface area (Å²) in [6.45, 7) is 1.84. The zero-order valence-electron chi connectivity index (χ0n) is 12.1. The maximum absolute atomic E-state index is 11.5. The molecule has 0 amide bonds. The van der Waals surface area contributed by atoms with Gasteiger partial charge in [-0.05, 0) is 19.1 Å². The minimum absolute atomic E-state index is 0.00441. The minimum Gasteiger partial charge on any atom is -0.477 e. The van der Waals surface area contributed by atoms with Crippen molar-refractivity contribution in [2.24, 2.45) is 0 Å². The average molecular weight is 318 g/mol. The quantitative estimate of drug-likeness (QED) is 0.732. The first-order valence-corrected chi connectivity index (χ1v) is 7.36. The first-order valence-electron chi connectivity index (χ1n) is 6.54. The molecule has 3 aromatic heterocycles. The van der Waals surface area contributed by atoms with Crippen molar-refractivity contribution in [1.29, 1.82) is 0 Å². The Morgan fingerprint density at radius 2 is 2.27 bits per heavy atom. The fourth-order valence-corrected chi connectivity index (χ4v) is 3.37. The van der Waals surface area contributed by atoms with Crippen molar-refractivity contribution >= 4 is 23.0 Å². The van der Waals surface area contributed by atoms with Crippen LogP contribution in [-0.2, 0) is 4.74 Å². The number of carboxylic acids is 1. The number of thiophene rings is 1. The van der Waals surface area contributed by atoms with Crippen LogP contribution >= 0.6 is 11.3 Å². The number of pyridine rings is 1. The van der Waals surface area contributed by atoms with Crippen LogP contribution in [0.3, 0.4) is 0 Å². The number of carbonyl (C=O) groups is 1. The number of aromatic nitrogens is 2. The number of nitrogens with zero attached hydrogens (tertiary/aromatic N) is 2. The van der Waals surface area contributed by atoms with Crippen LogP contribution in [0.5, 0.6) is 5.75 Å². The Labute approximate surface area is 130 Å². The molecule has 0 aliphatic rings. The summed E-state index contributed by atoms with van der Waals surface area (Å²) in [6.07, 6.45) is 3.63. The second kappa shape index (κ2) is 5.78. The van der Waals surface area contributed by atoms with Crippen molar-refractivity contribution < 1.29 is 19.4 Å². The number of hydrogen-bond acceptors (Lipinski definition) is 5. The van der Waals surface area contributed by atoms with Crippen LogP contribution in [0.2, 0.25) is 0 Å². The van der Waals surface area contributed by atoms with E-state index in [9.17, 15) is 9.90 Å². The number of rotatable bonds is 5. The molecular formula is C15H14N2O4S. The number of ether oxygens (including phenoxy) is 2. The van der Waals surface area contributed by atoms with Crippen LogP contribution in [0.4, 0.5) is 0 Å². The zero-order chi connectivity index (χ0) is 15.7. The van der Waals surface area contributed by atoms with Crippen molar-refractivity contribution in [3.8, 4) is 16.3 Å². The molecule has 22 heavy (non-hydrogen) atoms. The van der Waals surface area contributed by atoms with Gasteiger partial charge in [-0.15, -0.1) is 11.3 Å². The molecule has 0 aliphatic carbocycles. The summed E-state index contributed by atoms with van der Waals surface area (Å²) in [5.74, 6) is -0.667. The van der Waals surface area contributed by atoms with Crippen molar-refractivity contribution in [2.45, 2.75) is 6.92 Å². The van der Waals surface area contributed by atoms with Gasteiger partial charge in [0.15, 0.2) is 17.4 Å². The third kappa shape index (κ3) is 2.34. The van der Waals surface area contributed by atoms with Crippen LogP contribution in [0.15, 0.2) is 30.6 Å². The van der Waals surface area contributed by atoms with E-state index in [4.69, 9.17) is 9.47 Å². The molecule has 0 fully saturated rings. The molecule has 3 heterocycles. The second-order valence-electron chi connectivity index (χ2n) is 4.64. The number of methoxy groups -OCH3 is 1. The summed E-state index contributed by atoms with van der Waals surface area (Å²) >= 11 is 1.18. The van der Waals surface area contributed by atoms with E-state index in [0.717, 1.165) is 21.8 Å². The lowest BCUT2D eigenvalue weighted by Gasteiger charge is -2.05. The van der Waals surface area contributed by atoms with E-state index in [0.29, 0.717) is 5.75 Å². The Bertz CT molecular complexity index is 837. The fourth-order valence-electron chi connectivity index (χ4n) is 2.28. The summed E-state index contributed by atoms with van der Waals surface area (Å²) in [5.41, 5.74) is 2.42. The smallest absolute Gasteiger partial charge is 0.349 e. The van der Waals surface area contributed by atoms with Crippen LogP contribution in [-0.4, -0.2) is 34.4 Å². The van der Waals surface area contributed by atoms with Gasteiger partial charge in [0.2, 0.25) is 0 Å². The molecule has 0 spiro atoms. The SMILES string of the molecule is COCOc1c(C(=O)O)sc(-c2cnc3ccccn23)c1C. The number of fused-ring (bicyclic) bond motifs is 1. The Morgan fingerprint density at radius 1 is 1.45 bits per heavy atom. The van der Waals surface area contributed by atoms with E-state index in [2.05, 4.69) is 4.98 Å². The van der Waals surface area contributed by atoms with E-state index in [1.165, 1.54) is 18.4 Å². The number of carboxylic acid groups (broad SMARTS) is 1. The third-order valence-electron chi connectivity index (χ3n) is 3.26. The van der Waals surface area contributed by atoms with Gasteiger partial charge in [-0.1, -0.05) is 6.07 Å². The summed E-state index contributed by atoms with van der Waals surface area (Å²) < 4.78 is 12.2. The van der Waals surface area contributed by atoms with Crippen molar-refractivity contribution in [3.05, 3.63) is 41.0 Å². The topological polar surface area (TPSA) is 73.1 Å². The molecule has 0 bridgehead atoms. The lowest BCUT2D eigenvalue weighted by Crippen LogP contribution is -2.03. The second-order valence-corrected chi connectivity index (χ2v) is 5.66. The number of imidazole rings is 1.